The summed E-state index contributed by atoms with van der Waals surface area (Å²) in [6.07, 6.45) is 0. The summed E-state index contributed by atoms with van der Waals surface area (Å²) < 4.78 is 0. The number of hydrogen-bond acceptors (Lipinski definition) is 2. The minimum absolute atomic E-state index is 0.0667. The lowest BCUT2D eigenvalue weighted by atomic mass is 9.99. The highest BCUT2D eigenvalue weighted by molar-refractivity contribution is 5.69. The Labute approximate surface area is 109 Å². The van der Waals surface area contributed by atoms with Crippen molar-refractivity contribution in [2.24, 2.45) is 0 Å². The van der Waals surface area contributed by atoms with Crippen LogP contribution < -0.4 is 0 Å². The molecule has 1 aromatic rings. The maximum atomic E-state index is 11.0. The van der Waals surface area contributed by atoms with Crippen LogP contribution >= 0.6 is 0 Å². The van der Waals surface area contributed by atoms with Gasteiger partial charge < -0.3 is 5.11 Å². The minimum atomic E-state index is -0.781. The Bertz CT molecular complexity index is 412. The quantitative estimate of drug-likeness (QED) is 0.891. The first kappa shape index (κ1) is 14.7. The van der Waals surface area contributed by atoms with Crippen LogP contribution in [0.1, 0.15) is 37.5 Å². The van der Waals surface area contributed by atoms with Crippen LogP contribution in [-0.2, 0) is 11.3 Å². The molecule has 0 aliphatic heterocycles. The van der Waals surface area contributed by atoms with Crippen LogP contribution in [0.2, 0.25) is 0 Å². The average Bonchev–Trinajstić information content (AvgIpc) is 2.20. The molecule has 0 saturated heterocycles. The van der Waals surface area contributed by atoms with E-state index in [1.165, 1.54) is 16.7 Å². The second kappa shape index (κ2) is 5.53. The summed E-state index contributed by atoms with van der Waals surface area (Å²) in [5.74, 6) is -0.781. The number of carboxylic acids is 1. The van der Waals surface area contributed by atoms with E-state index < -0.39 is 5.97 Å². The zero-order valence-corrected chi connectivity index (χ0v) is 11.9. The highest BCUT2D eigenvalue weighted by atomic mass is 16.4. The maximum Gasteiger partial charge on any atom is 0.317 e. The van der Waals surface area contributed by atoms with E-state index in [4.69, 9.17) is 5.11 Å². The van der Waals surface area contributed by atoms with Gasteiger partial charge >= 0.3 is 5.97 Å². The van der Waals surface area contributed by atoms with Gasteiger partial charge in [-0.15, -0.1) is 0 Å². The lowest BCUT2D eigenvalue weighted by molar-refractivity contribution is -0.139. The molecular weight excluding hydrogens is 226 g/mol. The number of rotatable bonds is 4. The zero-order valence-electron chi connectivity index (χ0n) is 11.9. The van der Waals surface area contributed by atoms with Crippen LogP contribution in [0, 0.1) is 13.8 Å². The van der Waals surface area contributed by atoms with Crippen molar-refractivity contribution in [1.82, 2.24) is 4.90 Å². The number of carboxylic acid groups (broad SMARTS) is 1. The van der Waals surface area contributed by atoms with E-state index in [2.05, 4.69) is 26.0 Å². The van der Waals surface area contributed by atoms with Gasteiger partial charge in [-0.3, -0.25) is 9.69 Å². The Morgan fingerprint density at radius 2 is 1.72 bits per heavy atom. The molecule has 0 heterocycles. The Morgan fingerprint density at radius 1 is 1.22 bits per heavy atom. The number of hydrogen-bond donors (Lipinski definition) is 1. The summed E-state index contributed by atoms with van der Waals surface area (Å²) in [5, 5.41) is 9.02. The summed E-state index contributed by atoms with van der Waals surface area (Å²) in [7, 11) is 0. The van der Waals surface area contributed by atoms with E-state index in [1.807, 2.05) is 31.7 Å². The van der Waals surface area contributed by atoms with Crippen LogP contribution in [0.4, 0.5) is 0 Å². The van der Waals surface area contributed by atoms with Gasteiger partial charge in [0.1, 0.15) is 0 Å². The van der Waals surface area contributed by atoms with Gasteiger partial charge in [0.2, 0.25) is 0 Å². The van der Waals surface area contributed by atoms with Crippen molar-refractivity contribution in [1.29, 1.82) is 0 Å². The fourth-order valence-electron chi connectivity index (χ4n) is 1.98. The lowest BCUT2D eigenvalue weighted by Gasteiger charge is -2.35. The van der Waals surface area contributed by atoms with E-state index in [0.717, 1.165) is 0 Å². The molecule has 100 valence electrons. The third-order valence-corrected chi connectivity index (χ3v) is 3.27. The molecule has 0 saturated carbocycles. The Kier molecular flexibility index (Phi) is 4.52. The molecule has 0 amide bonds. The summed E-state index contributed by atoms with van der Waals surface area (Å²) >= 11 is 0. The first-order chi connectivity index (χ1) is 8.21. The molecule has 0 aromatic heterocycles. The number of carbonyl (C=O) groups is 1. The Hall–Kier alpha value is -1.35. The monoisotopic (exact) mass is 249 g/mol. The van der Waals surface area contributed by atoms with Crippen molar-refractivity contribution in [3.8, 4) is 0 Å². The van der Waals surface area contributed by atoms with E-state index in [1.54, 1.807) is 0 Å². The molecule has 0 bridgehead atoms. The number of aryl methyl sites for hydroxylation is 2. The summed E-state index contributed by atoms with van der Waals surface area (Å²) in [5.41, 5.74) is 3.51. The molecule has 0 fully saturated rings. The molecule has 18 heavy (non-hydrogen) atoms. The van der Waals surface area contributed by atoms with E-state index in [-0.39, 0.29) is 12.1 Å². The predicted molar refractivity (Wildman–Crippen MR) is 73.7 cm³/mol. The molecule has 0 unspecified atom stereocenters. The Morgan fingerprint density at radius 3 is 2.11 bits per heavy atom. The third kappa shape index (κ3) is 3.84. The normalized spacial score (nSPS) is 11.9. The standard InChI is InChI=1S/C15H23NO2/c1-11-7-6-8-12(2)13(11)9-16(10-14(17)18)15(3,4)5/h6-8H,9-10H2,1-5H3,(H,17,18). The molecule has 0 spiro atoms. The van der Waals surface area contributed by atoms with Gasteiger partial charge in [-0.05, 0) is 51.3 Å². The molecule has 0 atom stereocenters. The van der Waals surface area contributed by atoms with Crippen molar-refractivity contribution in [3.63, 3.8) is 0 Å². The topological polar surface area (TPSA) is 40.5 Å². The molecule has 1 rings (SSSR count). The predicted octanol–water partition coefficient (Wildman–Crippen LogP) is 2.99. The van der Waals surface area contributed by atoms with Gasteiger partial charge in [0.15, 0.2) is 0 Å². The van der Waals surface area contributed by atoms with Crippen molar-refractivity contribution in [3.05, 3.63) is 34.9 Å². The second-order valence-electron chi connectivity index (χ2n) is 5.79. The van der Waals surface area contributed by atoms with Crippen LogP contribution in [-0.4, -0.2) is 28.1 Å². The molecule has 1 N–H and O–H groups in total. The zero-order chi connectivity index (χ0) is 13.9. The SMILES string of the molecule is Cc1cccc(C)c1CN(CC(=O)O)C(C)(C)C. The largest absolute Gasteiger partial charge is 0.480 e. The fraction of sp³-hybridized carbons (Fsp3) is 0.533. The molecule has 3 nitrogen and oxygen atoms in total. The van der Waals surface area contributed by atoms with E-state index in [0.29, 0.717) is 6.54 Å². The van der Waals surface area contributed by atoms with Gasteiger partial charge in [0.25, 0.3) is 0 Å². The van der Waals surface area contributed by atoms with Gasteiger partial charge in [-0.2, -0.15) is 0 Å². The van der Waals surface area contributed by atoms with Crippen LogP contribution in [0.25, 0.3) is 0 Å². The highest BCUT2D eigenvalue weighted by Gasteiger charge is 2.24. The van der Waals surface area contributed by atoms with Crippen molar-refractivity contribution >= 4 is 5.97 Å². The maximum absolute atomic E-state index is 11.0. The minimum Gasteiger partial charge on any atom is -0.480 e. The summed E-state index contributed by atoms with van der Waals surface area (Å²) in [6, 6.07) is 6.18. The summed E-state index contributed by atoms with van der Waals surface area (Å²) in [6.45, 7) is 11.0. The van der Waals surface area contributed by atoms with Crippen molar-refractivity contribution < 1.29 is 9.90 Å². The van der Waals surface area contributed by atoms with E-state index in [9.17, 15) is 4.79 Å². The highest BCUT2D eigenvalue weighted by Crippen LogP contribution is 2.21. The molecular formula is C15H23NO2. The van der Waals surface area contributed by atoms with Crippen molar-refractivity contribution in [2.75, 3.05) is 6.54 Å². The Balaban J connectivity index is 3.00. The summed E-state index contributed by atoms with van der Waals surface area (Å²) in [4.78, 5) is 13.0. The number of aliphatic carboxylic acids is 1. The van der Waals surface area contributed by atoms with Crippen LogP contribution in [0.15, 0.2) is 18.2 Å². The first-order valence-electron chi connectivity index (χ1n) is 6.23. The van der Waals surface area contributed by atoms with Gasteiger partial charge in [-0.1, -0.05) is 18.2 Å². The average molecular weight is 249 g/mol. The third-order valence-electron chi connectivity index (χ3n) is 3.27. The second-order valence-corrected chi connectivity index (χ2v) is 5.79. The van der Waals surface area contributed by atoms with Gasteiger partial charge in [-0.25, -0.2) is 0 Å². The van der Waals surface area contributed by atoms with Gasteiger partial charge in [0, 0.05) is 12.1 Å². The molecule has 0 aliphatic carbocycles. The molecule has 1 aromatic carbocycles. The van der Waals surface area contributed by atoms with Crippen LogP contribution in [0.3, 0.4) is 0 Å². The lowest BCUT2D eigenvalue weighted by Crippen LogP contribution is -2.44. The number of benzene rings is 1. The van der Waals surface area contributed by atoms with Crippen LogP contribution in [0.5, 0.6) is 0 Å². The van der Waals surface area contributed by atoms with Gasteiger partial charge in [0.05, 0.1) is 6.54 Å². The fourth-order valence-corrected chi connectivity index (χ4v) is 1.98. The molecule has 3 heteroatoms. The molecule has 0 aliphatic rings. The van der Waals surface area contributed by atoms with Crippen molar-refractivity contribution in [2.45, 2.75) is 46.7 Å². The molecule has 0 radical (unpaired) electrons. The van der Waals surface area contributed by atoms with E-state index >= 15 is 0 Å². The smallest absolute Gasteiger partial charge is 0.317 e. The first-order valence-corrected chi connectivity index (χ1v) is 6.23. The number of nitrogens with zero attached hydrogens (tertiary/aromatic N) is 1.